The number of rotatable bonds is 23. The number of hydrogen-bond donors (Lipinski definition) is 2. The Balaban J connectivity index is 1.35. The average molecular weight is 837 g/mol. The van der Waals surface area contributed by atoms with Crippen LogP contribution in [0.4, 0.5) is 22.0 Å². The summed E-state index contributed by atoms with van der Waals surface area (Å²) in [6.07, 6.45) is 13.7. The summed E-state index contributed by atoms with van der Waals surface area (Å²) in [5.74, 6) is -12.5. The minimum Gasteiger partial charge on any atom is -0.392 e. The summed E-state index contributed by atoms with van der Waals surface area (Å²) < 4.78 is 83.4. The van der Waals surface area contributed by atoms with E-state index >= 15 is 0 Å². The second-order valence-corrected chi connectivity index (χ2v) is 16.1. The van der Waals surface area contributed by atoms with Gasteiger partial charge in [-0.25, -0.2) is 22.0 Å². The van der Waals surface area contributed by atoms with Crippen LogP contribution in [0.1, 0.15) is 143 Å². The van der Waals surface area contributed by atoms with Gasteiger partial charge in [-0.3, -0.25) is 4.79 Å². The Bertz CT molecular complexity index is 1920. The molecule has 4 aromatic rings. The van der Waals surface area contributed by atoms with Gasteiger partial charge in [-0.05, 0) is 65.9 Å². The lowest BCUT2D eigenvalue weighted by Gasteiger charge is -2.43. The van der Waals surface area contributed by atoms with Crippen molar-refractivity contribution in [2.75, 3.05) is 19.6 Å². The van der Waals surface area contributed by atoms with Gasteiger partial charge in [0.15, 0.2) is 29.6 Å². The fourth-order valence-electron chi connectivity index (χ4n) is 7.91. The van der Waals surface area contributed by atoms with Gasteiger partial charge in [0.2, 0.25) is 5.82 Å². The van der Waals surface area contributed by atoms with Crippen LogP contribution in [0, 0.1) is 35.0 Å². The molecule has 0 radical (unpaired) electrons. The molecule has 4 aromatic carbocycles. The number of carbonyl (C=O) groups excluding carboxylic acids is 1. The van der Waals surface area contributed by atoms with Crippen molar-refractivity contribution >= 4 is 5.91 Å². The van der Waals surface area contributed by atoms with Gasteiger partial charge in [0, 0.05) is 24.6 Å². The molecule has 60 heavy (non-hydrogen) atoms. The highest BCUT2D eigenvalue weighted by Gasteiger charge is 2.39. The molecule has 6 nitrogen and oxygen atoms in total. The first-order chi connectivity index (χ1) is 29.1. The zero-order valence-electron chi connectivity index (χ0n) is 35.3. The van der Waals surface area contributed by atoms with Crippen LogP contribution in [0.5, 0.6) is 0 Å². The van der Waals surface area contributed by atoms with Crippen LogP contribution in [0.25, 0.3) is 11.1 Å². The maximum Gasteiger partial charge on any atom is 0.257 e. The SMILES string of the molecule is CCCCCCCCN(CCCCCCCC)CC1OC(c2cccc(-c3cccc(CNC(=O)c4c(F)c(F)c(F)c(F)c4F)c3)c2)OC(c2ccc(CO)cc2)C1C. The van der Waals surface area contributed by atoms with Gasteiger partial charge in [0.25, 0.3) is 5.91 Å². The van der Waals surface area contributed by atoms with Gasteiger partial charge in [0.1, 0.15) is 5.56 Å². The highest BCUT2D eigenvalue weighted by Crippen LogP contribution is 2.42. The molecule has 1 heterocycles. The fraction of sp³-hybridized carbons (Fsp3) is 0.490. The maximum absolute atomic E-state index is 14.3. The monoisotopic (exact) mass is 836 g/mol. The molecule has 1 aliphatic heterocycles. The largest absolute Gasteiger partial charge is 0.392 e. The number of nitrogens with one attached hydrogen (secondary N) is 1. The first kappa shape index (κ1) is 46.9. The van der Waals surface area contributed by atoms with Gasteiger partial charge >= 0.3 is 0 Å². The van der Waals surface area contributed by atoms with Crippen molar-refractivity contribution < 1.29 is 41.3 Å². The summed E-state index contributed by atoms with van der Waals surface area (Å²) in [6.45, 7) is 9.19. The van der Waals surface area contributed by atoms with Crippen LogP contribution in [0.15, 0.2) is 72.8 Å². The molecule has 1 saturated heterocycles. The number of aliphatic hydroxyl groups excluding tert-OH is 1. The third-order valence-corrected chi connectivity index (χ3v) is 11.5. The van der Waals surface area contributed by atoms with E-state index in [0.29, 0.717) is 5.56 Å². The minimum absolute atomic E-state index is 0.0257. The van der Waals surface area contributed by atoms with Crippen LogP contribution >= 0.6 is 0 Å². The van der Waals surface area contributed by atoms with Gasteiger partial charge in [-0.1, -0.05) is 146 Å². The van der Waals surface area contributed by atoms with E-state index in [2.05, 4.69) is 31.0 Å². The van der Waals surface area contributed by atoms with E-state index in [9.17, 15) is 31.9 Å². The van der Waals surface area contributed by atoms with Crippen molar-refractivity contribution in [3.8, 4) is 11.1 Å². The number of unbranched alkanes of at least 4 members (excludes halogenated alkanes) is 10. The smallest absolute Gasteiger partial charge is 0.257 e. The lowest BCUT2D eigenvalue weighted by molar-refractivity contribution is -0.276. The Morgan fingerprint density at radius 2 is 1.20 bits per heavy atom. The molecule has 11 heteroatoms. The first-order valence-electron chi connectivity index (χ1n) is 21.8. The Morgan fingerprint density at radius 1 is 0.650 bits per heavy atom. The molecule has 0 aliphatic carbocycles. The summed E-state index contributed by atoms with van der Waals surface area (Å²) in [5, 5.41) is 12.0. The lowest BCUT2D eigenvalue weighted by atomic mass is 9.89. The second-order valence-electron chi connectivity index (χ2n) is 16.1. The number of hydrogen-bond acceptors (Lipinski definition) is 5. The number of nitrogens with zero attached hydrogens (tertiary/aromatic N) is 1. The van der Waals surface area contributed by atoms with Crippen LogP contribution in [0.2, 0.25) is 0 Å². The van der Waals surface area contributed by atoms with Crippen LogP contribution in [0.3, 0.4) is 0 Å². The van der Waals surface area contributed by atoms with Crippen molar-refractivity contribution in [2.24, 2.45) is 5.92 Å². The van der Waals surface area contributed by atoms with Gasteiger partial charge in [0.05, 0.1) is 18.8 Å². The third-order valence-electron chi connectivity index (χ3n) is 11.5. The normalized spacial score (nSPS) is 18.0. The number of ether oxygens (including phenoxy) is 2. The number of carbonyl (C=O) groups is 1. The van der Waals surface area contributed by atoms with E-state index in [1.807, 2.05) is 54.6 Å². The molecule has 5 rings (SSSR count). The van der Waals surface area contributed by atoms with Crippen molar-refractivity contribution in [3.63, 3.8) is 0 Å². The van der Waals surface area contributed by atoms with Crippen molar-refractivity contribution in [1.82, 2.24) is 10.2 Å². The molecular formula is C49H61F5N2O4. The number of halogens is 5. The molecule has 0 aromatic heterocycles. The Hall–Kier alpha value is -4.16. The lowest BCUT2D eigenvalue weighted by Crippen LogP contribution is -2.45. The molecule has 1 amide bonds. The Morgan fingerprint density at radius 3 is 1.80 bits per heavy atom. The molecule has 2 N–H and O–H groups in total. The molecule has 1 aliphatic rings. The predicted molar refractivity (Wildman–Crippen MR) is 225 cm³/mol. The highest BCUT2D eigenvalue weighted by molar-refractivity contribution is 5.94. The molecule has 326 valence electrons. The highest BCUT2D eigenvalue weighted by atomic mass is 19.2. The van der Waals surface area contributed by atoms with E-state index in [1.165, 1.54) is 64.2 Å². The van der Waals surface area contributed by atoms with Crippen molar-refractivity contribution in [2.45, 2.75) is 129 Å². The molecule has 4 atom stereocenters. The summed E-state index contributed by atoms with van der Waals surface area (Å²) in [6, 6.07) is 22.7. The summed E-state index contributed by atoms with van der Waals surface area (Å²) in [4.78, 5) is 15.2. The zero-order valence-corrected chi connectivity index (χ0v) is 35.3. The predicted octanol–water partition coefficient (Wildman–Crippen LogP) is 12.3. The van der Waals surface area contributed by atoms with Gasteiger partial charge < -0.3 is 24.8 Å². The van der Waals surface area contributed by atoms with Gasteiger partial charge in [-0.15, -0.1) is 0 Å². The minimum atomic E-state index is -2.33. The summed E-state index contributed by atoms with van der Waals surface area (Å²) >= 11 is 0. The van der Waals surface area contributed by atoms with Crippen molar-refractivity contribution in [3.05, 3.63) is 130 Å². The topological polar surface area (TPSA) is 71.0 Å². The van der Waals surface area contributed by atoms with E-state index in [-0.39, 0.29) is 31.3 Å². The Labute approximate surface area is 352 Å². The Kier molecular flexibility index (Phi) is 18.6. The van der Waals surface area contributed by atoms with E-state index in [1.54, 1.807) is 18.2 Å². The number of amides is 1. The van der Waals surface area contributed by atoms with E-state index in [0.717, 1.165) is 60.3 Å². The molecule has 1 fully saturated rings. The van der Waals surface area contributed by atoms with E-state index in [4.69, 9.17) is 9.47 Å². The second kappa shape index (κ2) is 23.7. The quantitative estimate of drug-likeness (QED) is 0.0337. The fourth-order valence-corrected chi connectivity index (χ4v) is 7.91. The number of benzene rings is 4. The summed E-state index contributed by atoms with van der Waals surface area (Å²) in [5.41, 5.74) is 3.23. The third kappa shape index (κ3) is 12.7. The van der Waals surface area contributed by atoms with Crippen LogP contribution in [-0.2, 0) is 22.6 Å². The molecular weight excluding hydrogens is 776 g/mol. The van der Waals surface area contributed by atoms with Crippen LogP contribution < -0.4 is 5.32 Å². The standard InChI is InChI=1S/C49H61F5N2O4/c1-4-6-8-10-12-14-26-56(27-15-13-11-9-7-5-2)31-40-33(3)47(36-24-22-34(32-57)23-25-36)60-49(59-40)39-21-17-20-38(29-39)37-19-16-18-35(28-37)30-55-48(58)41-42(50)44(52)46(54)45(53)43(41)51/h16-25,28-29,33,40,47,49,57H,4-15,26-27,30-32H2,1-3H3,(H,55,58). The number of aliphatic hydroxyl groups is 1. The molecule has 0 saturated carbocycles. The van der Waals surface area contributed by atoms with Crippen LogP contribution in [-0.4, -0.2) is 41.7 Å². The molecule has 0 spiro atoms. The maximum atomic E-state index is 14.3. The average Bonchev–Trinajstić information content (AvgIpc) is 3.27. The van der Waals surface area contributed by atoms with E-state index < -0.39 is 46.8 Å². The van der Waals surface area contributed by atoms with Crippen molar-refractivity contribution in [1.29, 1.82) is 0 Å². The summed E-state index contributed by atoms with van der Waals surface area (Å²) in [7, 11) is 0. The first-order valence-corrected chi connectivity index (χ1v) is 21.8. The van der Waals surface area contributed by atoms with Gasteiger partial charge in [-0.2, -0.15) is 0 Å². The zero-order chi connectivity index (χ0) is 43.0. The molecule has 0 bridgehead atoms. The molecule has 4 unspecified atom stereocenters.